The van der Waals surface area contributed by atoms with Crippen molar-refractivity contribution in [3.63, 3.8) is 0 Å². The molecule has 0 heterocycles. The van der Waals surface area contributed by atoms with Gasteiger partial charge >= 0.3 is 0 Å². The van der Waals surface area contributed by atoms with Crippen LogP contribution in [0.25, 0.3) is 0 Å². The maximum absolute atomic E-state index is 12.4. The Hall–Kier alpha value is -1.27. The van der Waals surface area contributed by atoms with Crippen molar-refractivity contribution in [3.05, 3.63) is 63.6 Å². The number of hydrogen-bond acceptors (Lipinski definition) is 3. The van der Waals surface area contributed by atoms with Gasteiger partial charge in [0.2, 0.25) is 10.0 Å². The number of nitrogens with one attached hydrogen (secondary N) is 1. The van der Waals surface area contributed by atoms with Crippen LogP contribution in [0.15, 0.2) is 42.5 Å². The van der Waals surface area contributed by atoms with E-state index >= 15 is 0 Å². The zero-order chi connectivity index (χ0) is 17.0. The van der Waals surface area contributed by atoms with E-state index in [0.29, 0.717) is 21.4 Å². The van der Waals surface area contributed by atoms with Gasteiger partial charge in [-0.15, -0.1) is 0 Å². The fraction of sp³-hybridized carbons (Fsp3) is 0.250. The van der Waals surface area contributed by atoms with Crippen LogP contribution in [0.1, 0.15) is 24.1 Å². The van der Waals surface area contributed by atoms with Crippen LogP contribution in [0.2, 0.25) is 10.0 Å². The highest BCUT2D eigenvalue weighted by Gasteiger charge is 2.21. The number of hydrogen-bond donors (Lipinski definition) is 1. The van der Waals surface area contributed by atoms with Crippen LogP contribution in [0.5, 0.6) is 5.75 Å². The fourth-order valence-corrected chi connectivity index (χ4v) is 4.39. The van der Waals surface area contributed by atoms with E-state index in [9.17, 15) is 8.42 Å². The molecule has 1 N–H and O–H groups in total. The molecule has 0 fully saturated rings. The van der Waals surface area contributed by atoms with E-state index in [2.05, 4.69) is 4.72 Å². The van der Waals surface area contributed by atoms with Crippen molar-refractivity contribution in [3.8, 4) is 5.75 Å². The highest BCUT2D eigenvalue weighted by molar-refractivity contribution is 7.88. The molecule has 1 atom stereocenters. The summed E-state index contributed by atoms with van der Waals surface area (Å²) in [6.45, 7) is 1.75. The SMILES string of the molecule is COc1ccccc1C(C)NS(=O)(=O)Cc1c(Cl)cccc1Cl. The molecule has 2 aromatic rings. The summed E-state index contributed by atoms with van der Waals surface area (Å²) in [6.07, 6.45) is 0. The number of rotatable bonds is 6. The van der Waals surface area contributed by atoms with Gasteiger partial charge in [0, 0.05) is 27.2 Å². The molecule has 0 saturated carbocycles. The minimum atomic E-state index is -3.63. The van der Waals surface area contributed by atoms with E-state index in [1.165, 1.54) is 0 Å². The van der Waals surface area contributed by atoms with Crippen molar-refractivity contribution >= 4 is 33.2 Å². The predicted octanol–water partition coefficient (Wildman–Crippen LogP) is 4.18. The van der Waals surface area contributed by atoms with Crippen LogP contribution in [0.4, 0.5) is 0 Å². The lowest BCUT2D eigenvalue weighted by Crippen LogP contribution is -2.28. The van der Waals surface area contributed by atoms with Crippen LogP contribution in [-0.2, 0) is 15.8 Å². The zero-order valence-electron chi connectivity index (χ0n) is 12.7. The van der Waals surface area contributed by atoms with Gasteiger partial charge in [0.15, 0.2) is 0 Å². The second-order valence-electron chi connectivity index (χ2n) is 5.04. The molecule has 0 spiro atoms. The minimum Gasteiger partial charge on any atom is -0.496 e. The summed E-state index contributed by atoms with van der Waals surface area (Å²) in [5.41, 5.74) is 1.14. The molecule has 0 aromatic heterocycles. The Bertz CT molecular complexity index is 773. The fourth-order valence-electron chi connectivity index (χ4n) is 2.26. The lowest BCUT2D eigenvalue weighted by Gasteiger charge is -2.18. The lowest BCUT2D eigenvalue weighted by molar-refractivity contribution is 0.405. The van der Waals surface area contributed by atoms with E-state index in [1.807, 2.05) is 18.2 Å². The van der Waals surface area contributed by atoms with Gasteiger partial charge < -0.3 is 4.74 Å². The first-order valence-corrected chi connectivity index (χ1v) is 9.30. The molecule has 4 nitrogen and oxygen atoms in total. The third-order valence-electron chi connectivity index (χ3n) is 3.36. The van der Waals surface area contributed by atoms with Gasteiger partial charge in [-0.25, -0.2) is 13.1 Å². The Balaban J connectivity index is 2.21. The number of halogens is 2. The van der Waals surface area contributed by atoms with Crippen molar-refractivity contribution < 1.29 is 13.2 Å². The molecule has 0 aliphatic carbocycles. The summed E-state index contributed by atoms with van der Waals surface area (Å²) in [7, 11) is -2.08. The first-order valence-electron chi connectivity index (χ1n) is 6.90. The number of benzene rings is 2. The van der Waals surface area contributed by atoms with Crippen molar-refractivity contribution in [1.82, 2.24) is 4.72 Å². The van der Waals surface area contributed by atoms with Crippen molar-refractivity contribution in [1.29, 1.82) is 0 Å². The molecule has 2 aromatic carbocycles. The Labute approximate surface area is 146 Å². The van der Waals surface area contributed by atoms with Crippen molar-refractivity contribution in [2.45, 2.75) is 18.7 Å². The van der Waals surface area contributed by atoms with Crippen LogP contribution in [-0.4, -0.2) is 15.5 Å². The normalized spacial score (nSPS) is 12.9. The third-order valence-corrected chi connectivity index (χ3v) is 5.45. The third kappa shape index (κ3) is 4.61. The molecule has 0 saturated heterocycles. The zero-order valence-corrected chi connectivity index (χ0v) is 15.0. The molecular weight excluding hydrogens is 357 g/mol. The first-order chi connectivity index (χ1) is 10.8. The summed E-state index contributed by atoms with van der Waals surface area (Å²) in [4.78, 5) is 0. The van der Waals surface area contributed by atoms with Crippen LogP contribution in [0, 0.1) is 0 Å². The van der Waals surface area contributed by atoms with Crippen LogP contribution < -0.4 is 9.46 Å². The molecule has 0 amide bonds. The quantitative estimate of drug-likeness (QED) is 0.825. The molecule has 0 aliphatic heterocycles. The molecule has 2 rings (SSSR count). The summed E-state index contributed by atoms with van der Waals surface area (Å²) < 4.78 is 32.7. The summed E-state index contributed by atoms with van der Waals surface area (Å²) in [5, 5.41) is 0.653. The number of para-hydroxylation sites is 1. The van der Waals surface area contributed by atoms with Gasteiger partial charge in [0.1, 0.15) is 5.75 Å². The van der Waals surface area contributed by atoms with Gasteiger partial charge in [0.05, 0.1) is 12.9 Å². The summed E-state index contributed by atoms with van der Waals surface area (Å²) in [6, 6.07) is 11.7. The molecule has 124 valence electrons. The van der Waals surface area contributed by atoms with E-state index < -0.39 is 16.1 Å². The van der Waals surface area contributed by atoms with Crippen LogP contribution in [0.3, 0.4) is 0 Å². The van der Waals surface area contributed by atoms with Crippen molar-refractivity contribution in [2.24, 2.45) is 0 Å². The Morgan fingerprint density at radius 1 is 1.09 bits per heavy atom. The average molecular weight is 374 g/mol. The minimum absolute atomic E-state index is 0.287. The van der Waals surface area contributed by atoms with Gasteiger partial charge in [-0.05, 0) is 25.1 Å². The molecule has 0 bridgehead atoms. The number of ether oxygens (including phenoxy) is 1. The Morgan fingerprint density at radius 3 is 2.30 bits per heavy atom. The molecular formula is C16H17Cl2NO3S. The van der Waals surface area contributed by atoms with Crippen LogP contribution >= 0.6 is 23.2 Å². The maximum Gasteiger partial charge on any atom is 0.216 e. The van der Waals surface area contributed by atoms with Gasteiger partial charge in [-0.1, -0.05) is 47.5 Å². The second-order valence-corrected chi connectivity index (χ2v) is 7.61. The van der Waals surface area contributed by atoms with E-state index in [1.54, 1.807) is 38.3 Å². The smallest absolute Gasteiger partial charge is 0.216 e. The average Bonchev–Trinajstić information content (AvgIpc) is 2.50. The maximum atomic E-state index is 12.4. The molecule has 1 unspecified atom stereocenters. The molecule has 7 heteroatoms. The first kappa shape index (κ1) is 18.1. The van der Waals surface area contributed by atoms with E-state index in [4.69, 9.17) is 27.9 Å². The Kier molecular flexibility index (Phi) is 5.92. The summed E-state index contributed by atoms with van der Waals surface area (Å²) in [5.74, 6) is 0.337. The summed E-state index contributed by atoms with van der Waals surface area (Å²) >= 11 is 12.1. The van der Waals surface area contributed by atoms with Gasteiger partial charge in [-0.2, -0.15) is 0 Å². The van der Waals surface area contributed by atoms with E-state index in [-0.39, 0.29) is 5.75 Å². The second kappa shape index (κ2) is 7.53. The number of methoxy groups -OCH3 is 1. The monoisotopic (exact) mass is 373 g/mol. The van der Waals surface area contributed by atoms with Gasteiger partial charge in [-0.3, -0.25) is 0 Å². The standard InChI is InChI=1S/C16H17Cl2NO3S/c1-11(12-6-3-4-9-16(12)22-2)19-23(20,21)10-13-14(17)7-5-8-15(13)18/h3-9,11,19H,10H2,1-2H3. The number of sulfonamides is 1. The molecule has 0 radical (unpaired) electrons. The predicted molar refractivity (Wildman–Crippen MR) is 93.6 cm³/mol. The molecule has 23 heavy (non-hydrogen) atoms. The van der Waals surface area contributed by atoms with Crippen molar-refractivity contribution in [2.75, 3.05) is 7.11 Å². The molecule has 0 aliphatic rings. The Morgan fingerprint density at radius 2 is 1.70 bits per heavy atom. The highest BCUT2D eigenvalue weighted by atomic mass is 35.5. The van der Waals surface area contributed by atoms with Gasteiger partial charge in [0.25, 0.3) is 0 Å². The lowest BCUT2D eigenvalue weighted by atomic mass is 10.1. The highest BCUT2D eigenvalue weighted by Crippen LogP contribution is 2.28. The topological polar surface area (TPSA) is 55.4 Å². The van der Waals surface area contributed by atoms with E-state index in [0.717, 1.165) is 5.56 Å². The largest absolute Gasteiger partial charge is 0.496 e.